The SMILES string of the molecule is CC(=O)c1ccc(N2CCN(C(=O)NCc3ccc(OCC(F)(F)F)cc3)CC2)c(F)c1. The van der Waals surface area contributed by atoms with Gasteiger partial charge in [-0.15, -0.1) is 0 Å². The Labute approximate surface area is 182 Å². The van der Waals surface area contributed by atoms with Crippen LogP contribution < -0.4 is 15.0 Å². The Hall–Kier alpha value is -3.30. The number of anilines is 1. The number of alkyl halides is 3. The Morgan fingerprint density at radius 2 is 1.69 bits per heavy atom. The normalized spacial score (nSPS) is 14.3. The zero-order chi connectivity index (χ0) is 23.3. The third-order valence-corrected chi connectivity index (χ3v) is 5.03. The lowest BCUT2D eigenvalue weighted by Crippen LogP contribution is -2.51. The third-order valence-electron chi connectivity index (χ3n) is 5.03. The third kappa shape index (κ3) is 6.35. The average Bonchev–Trinajstić information content (AvgIpc) is 2.76. The summed E-state index contributed by atoms with van der Waals surface area (Å²) in [4.78, 5) is 27.2. The summed E-state index contributed by atoms with van der Waals surface area (Å²) in [5, 5.41) is 2.77. The van der Waals surface area contributed by atoms with E-state index in [2.05, 4.69) is 10.1 Å². The van der Waals surface area contributed by atoms with Gasteiger partial charge in [-0.1, -0.05) is 12.1 Å². The summed E-state index contributed by atoms with van der Waals surface area (Å²) in [6.07, 6.45) is -4.40. The van der Waals surface area contributed by atoms with Crippen molar-refractivity contribution in [2.75, 3.05) is 37.7 Å². The molecule has 1 N–H and O–H groups in total. The van der Waals surface area contributed by atoms with E-state index in [1.807, 2.05) is 4.90 Å². The first-order valence-corrected chi connectivity index (χ1v) is 9.99. The van der Waals surface area contributed by atoms with Gasteiger partial charge >= 0.3 is 12.2 Å². The molecule has 2 amide bonds. The smallest absolute Gasteiger partial charge is 0.422 e. The van der Waals surface area contributed by atoms with Crippen LogP contribution in [0, 0.1) is 5.82 Å². The molecule has 0 atom stereocenters. The molecule has 172 valence electrons. The molecule has 0 saturated carbocycles. The second-order valence-corrected chi connectivity index (χ2v) is 7.40. The number of piperazine rings is 1. The predicted molar refractivity (Wildman–Crippen MR) is 110 cm³/mol. The maximum Gasteiger partial charge on any atom is 0.422 e. The van der Waals surface area contributed by atoms with Gasteiger partial charge in [0.1, 0.15) is 11.6 Å². The Kier molecular flexibility index (Phi) is 7.22. The topological polar surface area (TPSA) is 61.9 Å². The summed E-state index contributed by atoms with van der Waals surface area (Å²) in [6, 6.07) is 10.1. The van der Waals surface area contributed by atoms with E-state index in [0.29, 0.717) is 43.0 Å². The van der Waals surface area contributed by atoms with Crippen LogP contribution in [-0.2, 0) is 6.54 Å². The number of Topliss-reactive ketones (excluding diaryl/α,β-unsaturated/α-hetero) is 1. The van der Waals surface area contributed by atoms with Gasteiger partial charge in [0.15, 0.2) is 12.4 Å². The minimum Gasteiger partial charge on any atom is -0.484 e. The quantitative estimate of drug-likeness (QED) is 0.531. The number of hydrogen-bond acceptors (Lipinski definition) is 4. The van der Waals surface area contributed by atoms with Crippen LogP contribution in [0.1, 0.15) is 22.8 Å². The fourth-order valence-corrected chi connectivity index (χ4v) is 3.29. The van der Waals surface area contributed by atoms with E-state index in [9.17, 15) is 27.2 Å². The van der Waals surface area contributed by atoms with Crippen molar-refractivity contribution in [1.29, 1.82) is 0 Å². The number of ketones is 1. The van der Waals surface area contributed by atoms with Gasteiger partial charge in [0.05, 0.1) is 5.69 Å². The van der Waals surface area contributed by atoms with Crippen molar-refractivity contribution >= 4 is 17.5 Å². The fourth-order valence-electron chi connectivity index (χ4n) is 3.29. The van der Waals surface area contributed by atoms with Crippen LogP contribution in [-0.4, -0.2) is 55.7 Å². The van der Waals surface area contributed by atoms with Crippen LogP contribution in [0.2, 0.25) is 0 Å². The molecule has 0 aliphatic carbocycles. The molecule has 0 unspecified atom stereocenters. The molecule has 1 aliphatic rings. The van der Waals surface area contributed by atoms with Crippen LogP contribution in [0.25, 0.3) is 0 Å². The number of nitrogens with zero attached hydrogens (tertiary/aromatic N) is 2. The van der Waals surface area contributed by atoms with Gasteiger partial charge < -0.3 is 19.9 Å². The van der Waals surface area contributed by atoms with Crippen LogP contribution in [0.3, 0.4) is 0 Å². The monoisotopic (exact) mass is 453 g/mol. The lowest BCUT2D eigenvalue weighted by atomic mass is 10.1. The van der Waals surface area contributed by atoms with E-state index < -0.39 is 18.6 Å². The number of urea groups is 1. The van der Waals surface area contributed by atoms with Crippen LogP contribution in [0.5, 0.6) is 5.75 Å². The molecular weight excluding hydrogens is 430 g/mol. The molecule has 2 aromatic rings. The summed E-state index contributed by atoms with van der Waals surface area (Å²) >= 11 is 0. The Bertz CT molecular complexity index is 956. The molecule has 1 saturated heterocycles. The first kappa shape index (κ1) is 23.4. The fraction of sp³-hybridized carbons (Fsp3) is 0.364. The number of carbonyl (C=O) groups is 2. The number of halogens is 4. The molecule has 32 heavy (non-hydrogen) atoms. The van der Waals surface area contributed by atoms with Gasteiger partial charge in [0.2, 0.25) is 0 Å². The first-order chi connectivity index (χ1) is 15.1. The zero-order valence-corrected chi connectivity index (χ0v) is 17.4. The number of nitrogens with one attached hydrogen (secondary N) is 1. The number of benzene rings is 2. The van der Waals surface area contributed by atoms with Gasteiger partial charge in [0.25, 0.3) is 0 Å². The molecule has 1 heterocycles. The second-order valence-electron chi connectivity index (χ2n) is 7.40. The van der Waals surface area contributed by atoms with Crippen molar-refractivity contribution in [3.8, 4) is 5.75 Å². The average molecular weight is 453 g/mol. The highest BCUT2D eigenvalue weighted by Crippen LogP contribution is 2.22. The van der Waals surface area contributed by atoms with Crippen molar-refractivity contribution in [2.45, 2.75) is 19.6 Å². The van der Waals surface area contributed by atoms with Crippen LogP contribution >= 0.6 is 0 Å². The molecule has 1 aliphatic heterocycles. The van der Waals surface area contributed by atoms with Gasteiger partial charge in [0, 0.05) is 38.3 Å². The number of ether oxygens (including phenoxy) is 1. The summed E-state index contributed by atoms with van der Waals surface area (Å²) in [5.74, 6) is -0.587. The molecule has 0 aromatic heterocycles. The highest BCUT2D eigenvalue weighted by atomic mass is 19.4. The van der Waals surface area contributed by atoms with Crippen LogP contribution in [0.4, 0.5) is 28.0 Å². The van der Waals surface area contributed by atoms with Gasteiger partial charge in [-0.05, 0) is 42.8 Å². The van der Waals surface area contributed by atoms with Crippen molar-refractivity contribution in [2.24, 2.45) is 0 Å². The lowest BCUT2D eigenvalue weighted by Gasteiger charge is -2.36. The highest BCUT2D eigenvalue weighted by molar-refractivity contribution is 5.94. The second kappa shape index (κ2) is 9.88. The zero-order valence-electron chi connectivity index (χ0n) is 17.4. The summed E-state index contributed by atoms with van der Waals surface area (Å²) in [5.41, 5.74) is 1.41. The summed E-state index contributed by atoms with van der Waals surface area (Å²) in [6.45, 7) is 1.89. The first-order valence-electron chi connectivity index (χ1n) is 9.99. The lowest BCUT2D eigenvalue weighted by molar-refractivity contribution is -0.153. The Morgan fingerprint density at radius 1 is 1.03 bits per heavy atom. The van der Waals surface area contributed by atoms with Crippen molar-refractivity contribution in [3.63, 3.8) is 0 Å². The van der Waals surface area contributed by atoms with E-state index in [4.69, 9.17) is 0 Å². The van der Waals surface area contributed by atoms with Crippen molar-refractivity contribution < 1.29 is 31.9 Å². The Balaban J connectivity index is 1.46. The number of amides is 2. The predicted octanol–water partition coefficient (Wildman–Crippen LogP) is 4.00. The van der Waals surface area contributed by atoms with E-state index in [1.54, 1.807) is 29.2 Å². The maximum atomic E-state index is 14.3. The van der Waals surface area contributed by atoms with E-state index in [0.717, 1.165) is 0 Å². The maximum absolute atomic E-state index is 14.3. The minimum atomic E-state index is -4.40. The standard InChI is InChI=1S/C22H23F4N3O3/c1-15(30)17-4-7-20(19(23)12-17)28-8-10-29(11-9-28)21(31)27-13-16-2-5-18(6-3-16)32-14-22(24,25)26/h2-7,12H,8-11,13-14H2,1H3,(H,27,31). The van der Waals surface area contributed by atoms with Crippen LogP contribution in [0.15, 0.2) is 42.5 Å². The van der Waals surface area contributed by atoms with E-state index >= 15 is 0 Å². The number of hydrogen-bond donors (Lipinski definition) is 1. The minimum absolute atomic E-state index is 0.0945. The molecule has 0 bridgehead atoms. The molecule has 6 nitrogen and oxygen atoms in total. The molecule has 0 radical (unpaired) electrons. The number of carbonyl (C=O) groups excluding carboxylic acids is 2. The van der Waals surface area contributed by atoms with Gasteiger partial charge in [-0.2, -0.15) is 13.2 Å². The van der Waals surface area contributed by atoms with Crippen molar-refractivity contribution in [3.05, 3.63) is 59.4 Å². The summed E-state index contributed by atoms with van der Waals surface area (Å²) < 4.78 is 55.5. The summed E-state index contributed by atoms with van der Waals surface area (Å²) in [7, 11) is 0. The largest absolute Gasteiger partial charge is 0.484 e. The molecule has 3 rings (SSSR count). The molecular formula is C22H23F4N3O3. The van der Waals surface area contributed by atoms with E-state index in [1.165, 1.54) is 25.1 Å². The molecule has 0 spiro atoms. The highest BCUT2D eigenvalue weighted by Gasteiger charge is 2.28. The number of rotatable bonds is 6. The molecule has 2 aromatic carbocycles. The van der Waals surface area contributed by atoms with Gasteiger partial charge in [-0.3, -0.25) is 4.79 Å². The van der Waals surface area contributed by atoms with Crippen molar-refractivity contribution in [1.82, 2.24) is 10.2 Å². The Morgan fingerprint density at radius 3 is 2.25 bits per heavy atom. The molecule has 10 heteroatoms. The van der Waals surface area contributed by atoms with E-state index in [-0.39, 0.29) is 24.1 Å². The van der Waals surface area contributed by atoms with Gasteiger partial charge in [-0.25, -0.2) is 9.18 Å². The molecule has 1 fully saturated rings.